The maximum absolute atomic E-state index is 5.95. The van der Waals surface area contributed by atoms with Crippen molar-refractivity contribution in [3.8, 4) is 5.75 Å². The Morgan fingerprint density at radius 1 is 1.28 bits per heavy atom. The molecular weight excluding hydrogens is 246 g/mol. The van der Waals surface area contributed by atoms with Crippen LogP contribution in [0.4, 0.5) is 0 Å². The highest BCUT2D eigenvalue weighted by Crippen LogP contribution is 2.31. The topological polar surface area (TPSA) is 48.4 Å². The van der Waals surface area contributed by atoms with Crippen molar-refractivity contribution < 1.29 is 9.15 Å². The van der Waals surface area contributed by atoms with Crippen LogP contribution in [0.3, 0.4) is 0 Å². The van der Waals surface area contributed by atoms with Gasteiger partial charge in [-0.15, -0.1) is 11.8 Å². The zero-order chi connectivity index (χ0) is 13.0. The summed E-state index contributed by atoms with van der Waals surface area (Å²) in [6, 6.07) is 11.8. The normalized spacial score (nSPS) is 12.4. The lowest BCUT2D eigenvalue weighted by molar-refractivity contribution is 0.178. The van der Waals surface area contributed by atoms with E-state index in [4.69, 9.17) is 14.9 Å². The lowest BCUT2D eigenvalue weighted by Crippen LogP contribution is -2.18. The number of furan rings is 1. The number of hydrogen-bond acceptors (Lipinski definition) is 4. The highest BCUT2D eigenvalue weighted by Gasteiger charge is 2.16. The van der Waals surface area contributed by atoms with Crippen LogP contribution >= 0.6 is 11.8 Å². The number of hydrogen-bond donors (Lipinski definition) is 1. The van der Waals surface area contributed by atoms with E-state index in [-0.39, 0.29) is 6.10 Å². The Labute approximate surface area is 111 Å². The number of para-hydroxylation sites is 1. The molecule has 0 aliphatic heterocycles. The van der Waals surface area contributed by atoms with E-state index in [1.54, 1.807) is 11.8 Å². The molecule has 4 heteroatoms. The molecule has 3 nitrogen and oxygen atoms in total. The van der Waals surface area contributed by atoms with Crippen molar-refractivity contribution in [1.29, 1.82) is 0 Å². The Balaban J connectivity index is 2.20. The number of rotatable bonds is 5. The molecule has 1 atom stereocenters. The van der Waals surface area contributed by atoms with Gasteiger partial charge in [0.05, 0.1) is 0 Å². The van der Waals surface area contributed by atoms with Gasteiger partial charge in [0.15, 0.2) is 6.10 Å². The van der Waals surface area contributed by atoms with Crippen LogP contribution in [0.25, 0.3) is 0 Å². The minimum absolute atomic E-state index is 0.244. The van der Waals surface area contributed by atoms with E-state index in [9.17, 15) is 0 Å². The standard InChI is InChI=1S/C14H17NO2S/c1-10-7-8-11(16-10)13(9-15)17-12-5-3-4-6-14(12)18-2/h3-8,13H,9,15H2,1-2H3. The number of nitrogens with two attached hydrogens (primary N) is 1. The van der Waals surface area contributed by atoms with Crippen molar-refractivity contribution >= 4 is 11.8 Å². The van der Waals surface area contributed by atoms with Gasteiger partial charge in [-0.1, -0.05) is 12.1 Å². The first-order chi connectivity index (χ1) is 8.74. The molecule has 1 heterocycles. The molecule has 0 bridgehead atoms. The minimum Gasteiger partial charge on any atom is -0.480 e. The third-order valence-corrected chi connectivity index (χ3v) is 3.41. The molecule has 1 aromatic carbocycles. The van der Waals surface area contributed by atoms with E-state index < -0.39 is 0 Å². The summed E-state index contributed by atoms with van der Waals surface area (Å²) in [5, 5.41) is 0. The Kier molecular flexibility index (Phi) is 4.33. The highest BCUT2D eigenvalue weighted by molar-refractivity contribution is 7.98. The van der Waals surface area contributed by atoms with Crippen molar-refractivity contribution in [3.05, 3.63) is 47.9 Å². The summed E-state index contributed by atoms with van der Waals surface area (Å²) in [6.07, 6.45) is 1.78. The van der Waals surface area contributed by atoms with Gasteiger partial charge in [0.25, 0.3) is 0 Å². The van der Waals surface area contributed by atoms with E-state index in [1.807, 2.05) is 49.6 Å². The number of benzene rings is 1. The molecule has 0 fully saturated rings. The zero-order valence-electron chi connectivity index (χ0n) is 10.6. The van der Waals surface area contributed by atoms with Crippen LogP contribution in [-0.2, 0) is 0 Å². The zero-order valence-corrected chi connectivity index (χ0v) is 11.4. The van der Waals surface area contributed by atoms with Gasteiger partial charge < -0.3 is 14.9 Å². The summed E-state index contributed by atoms with van der Waals surface area (Å²) in [5.74, 6) is 2.48. The van der Waals surface area contributed by atoms with Gasteiger partial charge in [0.2, 0.25) is 0 Å². The second kappa shape index (κ2) is 5.98. The fourth-order valence-electron chi connectivity index (χ4n) is 1.72. The van der Waals surface area contributed by atoms with Crippen LogP contribution in [0.1, 0.15) is 17.6 Å². The highest BCUT2D eigenvalue weighted by atomic mass is 32.2. The first-order valence-corrected chi connectivity index (χ1v) is 7.03. The Morgan fingerprint density at radius 3 is 2.67 bits per heavy atom. The van der Waals surface area contributed by atoms with Crippen LogP contribution in [0, 0.1) is 6.92 Å². The van der Waals surface area contributed by atoms with Crippen LogP contribution < -0.4 is 10.5 Å². The summed E-state index contributed by atoms with van der Waals surface area (Å²) in [7, 11) is 0. The van der Waals surface area contributed by atoms with Gasteiger partial charge in [-0.05, 0) is 37.4 Å². The van der Waals surface area contributed by atoms with Crippen molar-refractivity contribution in [2.24, 2.45) is 5.73 Å². The molecule has 1 aromatic heterocycles. The average molecular weight is 263 g/mol. The van der Waals surface area contributed by atoms with Gasteiger partial charge in [-0.3, -0.25) is 0 Å². The average Bonchev–Trinajstić information content (AvgIpc) is 2.83. The minimum atomic E-state index is -0.244. The third-order valence-electron chi connectivity index (χ3n) is 2.63. The lowest BCUT2D eigenvalue weighted by Gasteiger charge is -2.17. The van der Waals surface area contributed by atoms with Crippen molar-refractivity contribution in [2.45, 2.75) is 17.9 Å². The molecule has 2 aromatic rings. The molecule has 96 valence electrons. The Hall–Kier alpha value is -1.39. The molecule has 2 rings (SSSR count). The van der Waals surface area contributed by atoms with Gasteiger partial charge in [0.1, 0.15) is 17.3 Å². The maximum Gasteiger partial charge on any atom is 0.168 e. The summed E-state index contributed by atoms with van der Waals surface area (Å²) >= 11 is 1.65. The molecule has 18 heavy (non-hydrogen) atoms. The third kappa shape index (κ3) is 2.89. The second-order valence-corrected chi connectivity index (χ2v) is 4.79. The van der Waals surface area contributed by atoms with Crippen molar-refractivity contribution in [1.82, 2.24) is 0 Å². The van der Waals surface area contributed by atoms with E-state index in [0.717, 1.165) is 22.2 Å². The molecule has 0 spiro atoms. The maximum atomic E-state index is 5.95. The van der Waals surface area contributed by atoms with Gasteiger partial charge in [0, 0.05) is 11.4 Å². The molecule has 0 amide bonds. The van der Waals surface area contributed by atoms with Crippen molar-refractivity contribution in [2.75, 3.05) is 12.8 Å². The molecular formula is C14H17NO2S. The molecule has 2 N–H and O–H groups in total. The first kappa shape index (κ1) is 13.1. The summed E-state index contributed by atoms with van der Waals surface area (Å²) in [5.41, 5.74) is 5.76. The number of ether oxygens (including phenoxy) is 1. The number of thioether (sulfide) groups is 1. The molecule has 0 saturated carbocycles. The Bertz CT molecular complexity index is 510. The van der Waals surface area contributed by atoms with Crippen LogP contribution in [0.2, 0.25) is 0 Å². The molecule has 1 unspecified atom stereocenters. The van der Waals surface area contributed by atoms with Crippen LogP contribution in [0.5, 0.6) is 5.75 Å². The largest absolute Gasteiger partial charge is 0.480 e. The van der Waals surface area contributed by atoms with Gasteiger partial charge in [-0.2, -0.15) is 0 Å². The summed E-state index contributed by atoms with van der Waals surface area (Å²) in [6.45, 7) is 2.29. The van der Waals surface area contributed by atoms with Gasteiger partial charge in [-0.25, -0.2) is 0 Å². The van der Waals surface area contributed by atoms with E-state index in [2.05, 4.69) is 0 Å². The quantitative estimate of drug-likeness (QED) is 0.840. The Morgan fingerprint density at radius 2 is 2.06 bits per heavy atom. The SMILES string of the molecule is CSc1ccccc1OC(CN)c1ccc(C)o1. The van der Waals surface area contributed by atoms with Gasteiger partial charge >= 0.3 is 0 Å². The second-order valence-electron chi connectivity index (χ2n) is 3.94. The smallest absolute Gasteiger partial charge is 0.168 e. The van der Waals surface area contributed by atoms with E-state index in [1.165, 1.54) is 0 Å². The fourth-order valence-corrected chi connectivity index (χ4v) is 2.25. The lowest BCUT2D eigenvalue weighted by atomic mass is 10.2. The van der Waals surface area contributed by atoms with Crippen LogP contribution in [-0.4, -0.2) is 12.8 Å². The first-order valence-electron chi connectivity index (χ1n) is 5.80. The fraction of sp³-hybridized carbons (Fsp3) is 0.286. The molecule has 0 aliphatic rings. The monoisotopic (exact) mass is 263 g/mol. The molecule has 0 radical (unpaired) electrons. The predicted molar refractivity (Wildman–Crippen MR) is 74.1 cm³/mol. The van der Waals surface area contributed by atoms with Crippen LogP contribution in [0.15, 0.2) is 45.7 Å². The van der Waals surface area contributed by atoms with E-state index in [0.29, 0.717) is 6.54 Å². The summed E-state index contributed by atoms with van der Waals surface area (Å²) in [4.78, 5) is 1.10. The molecule has 0 aliphatic carbocycles. The number of aryl methyl sites for hydroxylation is 1. The van der Waals surface area contributed by atoms with E-state index >= 15 is 0 Å². The van der Waals surface area contributed by atoms with Crippen molar-refractivity contribution in [3.63, 3.8) is 0 Å². The molecule has 0 saturated heterocycles. The summed E-state index contributed by atoms with van der Waals surface area (Å²) < 4.78 is 11.5. The predicted octanol–water partition coefficient (Wildman–Crippen LogP) is 3.39.